The molecule has 8 heteroatoms. The molecular weight excluding hydrogens is 395 g/mol. The zero-order chi connectivity index (χ0) is 19.7. The maximum atomic E-state index is 13.6. The molecule has 0 aromatic heterocycles. The van der Waals surface area contributed by atoms with Crippen molar-refractivity contribution in [1.82, 2.24) is 0 Å². The Morgan fingerprint density at radius 1 is 1.07 bits per heavy atom. The average molecular weight is 415 g/mol. The van der Waals surface area contributed by atoms with Crippen molar-refractivity contribution >= 4 is 23.4 Å². The molecule has 0 radical (unpaired) electrons. The summed E-state index contributed by atoms with van der Waals surface area (Å²) in [7, 11) is 0. The lowest BCUT2D eigenvalue weighted by Crippen LogP contribution is -2.52. The van der Waals surface area contributed by atoms with Crippen LogP contribution < -0.4 is 0 Å². The van der Waals surface area contributed by atoms with Crippen molar-refractivity contribution in [2.24, 2.45) is 0 Å². The van der Waals surface area contributed by atoms with E-state index in [-0.39, 0.29) is 0 Å². The number of rotatable bonds is 4. The molecule has 0 spiro atoms. The molecule has 2 aromatic rings. The Hall–Kier alpha value is -1.35. The van der Waals surface area contributed by atoms with Crippen molar-refractivity contribution in [2.45, 2.75) is 36.3 Å². The number of hydrogen-bond donors (Lipinski definition) is 4. The van der Waals surface area contributed by atoms with E-state index in [2.05, 4.69) is 0 Å². The Morgan fingerprint density at radius 2 is 1.81 bits per heavy atom. The first-order chi connectivity index (χ1) is 12.8. The molecule has 0 amide bonds. The second kappa shape index (κ2) is 8.34. The van der Waals surface area contributed by atoms with E-state index < -0.39 is 41.4 Å². The quantitative estimate of drug-likeness (QED) is 0.615. The van der Waals surface area contributed by atoms with Crippen LogP contribution >= 0.6 is 23.4 Å². The van der Waals surface area contributed by atoms with Crippen LogP contribution in [0.3, 0.4) is 0 Å². The summed E-state index contributed by atoms with van der Waals surface area (Å²) in [6, 6.07) is 9.15. The van der Waals surface area contributed by atoms with Gasteiger partial charge in [-0.05, 0) is 47.6 Å². The molecule has 27 heavy (non-hydrogen) atoms. The van der Waals surface area contributed by atoms with Crippen molar-refractivity contribution in [3.05, 3.63) is 63.9 Å². The summed E-state index contributed by atoms with van der Waals surface area (Å²) in [5.41, 5.74) is 1.20. The van der Waals surface area contributed by atoms with Gasteiger partial charge in [0.15, 0.2) is 11.6 Å². The number of aromatic hydroxyl groups is 1. The number of thioether (sulfide) groups is 1. The summed E-state index contributed by atoms with van der Waals surface area (Å²) >= 11 is 7.50. The minimum atomic E-state index is -1.34. The molecule has 3 rings (SSSR count). The minimum absolute atomic E-state index is 0.309. The van der Waals surface area contributed by atoms with Gasteiger partial charge in [-0.15, -0.1) is 11.8 Å². The molecule has 5 nitrogen and oxygen atoms in total. The van der Waals surface area contributed by atoms with E-state index in [0.717, 1.165) is 0 Å². The van der Waals surface area contributed by atoms with E-state index in [1.54, 1.807) is 30.5 Å². The van der Waals surface area contributed by atoms with Gasteiger partial charge in [-0.2, -0.15) is 0 Å². The highest BCUT2D eigenvalue weighted by atomic mass is 35.5. The number of phenolic OH excluding ortho intramolecular Hbond substituents is 1. The third-order valence-electron chi connectivity index (χ3n) is 4.61. The summed E-state index contributed by atoms with van der Waals surface area (Å²) in [5.74, 6) is -1.14. The first-order valence-corrected chi connectivity index (χ1v) is 9.96. The van der Waals surface area contributed by atoms with E-state index in [4.69, 9.17) is 16.3 Å². The smallest absolute Gasteiger partial charge is 0.165 e. The Bertz CT molecular complexity index is 819. The molecule has 1 saturated heterocycles. The Morgan fingerprint density at radius 3 is 2.48 bits per heavy atom. The summed E-state index contributed by atoms with van der Waals surface area (Å²) in [4.78, 5) is 0. The van der Waals surface area contributed by atoms with E-state index in [0.29, 0.717) is 28.1 Å². The van der Waals surface area contributed by atoms with Gasteiger partial charge in [0.05, 0.1) is 0 Å². The molecule has 0 bridgehead atoms. The first kappa shape index (κ1) is 20.4. The fourth-order valence-electron chi connectivity index (χ4n) is 3.11. The fraction of sp³-hybridized carbons (Fsp3) is 0.368. The molecule has 1 heterocycles. The molecule has 0 unspecified atom stereocenters. The van der Waals surface area contributed by atoms with Gasteiger partial charge >= 0.3 is 0 Å². The highest BCUT2D eigenvalue weighted by Crippen LogP contribution is 2.37. The van der Waals surface area contributed by atoms with Crippen LogP contribution in [0.4, 0.5) is 4.39 Å². The monoisotopic (exact) mass is 414 g/mol. The van der Waals surface area contributed by atoms with Gasteiger partial charge in [0, 0.05) is 5.02 Å². The van der Waals surface area contributed by atoms with Crippen LogP contribution in [0.15, 0.2) is 36.4 Å². The van der Waals surface area contributed by atoms with Crippen LogP contribution in [0.1, 0.15) is 22.8 Å². The molecule has 5 atom stereocenters. The number of halogens is 2. The topological polar surface area (TPSA) is 90.2 Å². The standard InChI is InChI=1S/C19H20ClFO5S/c1-27-19-17(25)15(23)16(24)18(26-19)10-3-4-12(20)11(8-10)6-9-2-5-14(22)13(21)7-9/h2-5,7-8,15-19,22-25H,6H2,1H3/t15-,16-,17+,18+,19-/m1/s1. The molecule has 1 aliphatic heterocycles. The maximum absolute atomic E-state index is 13.6. The van der Waals surface area contributed by atoms with Gasteiger partial charge in [0.2, 0.25) is 0 Å². The normalized spacial score (nSPS) is 28.3. The Kier molecular flexibility index (Phi) is 6.30. The first-order valence-electron chi connectivity index (χ1n) is 8.30. The molecule has 146 valence electrons. The zero-order valence-corrected chi connectivity index (χ0v) is 16.0. The van der Waals surface area contributed by atoms with Gasteiger partial charge in [-0.1, -0.05) is 29.8 Å². The van der Waals surface area contributed by atoms with Crippen LogP contribution in [0.25, 0.3) is 0 Å². The summed E-state index contributed by atoms with van der Waals surface area (Å²) < 4.78 is 19.3. The summed E-state index contributed by atoms with van der Waals surface area (Å²) in [6.07, 6.45) is -2.63. The second-order valence-corrected chi connectivity index (χ2v) is 7.79. The van der Waals surface area contributed by atoms with Gasteiger partial charge in [-0.25, -0.2) is 4.39 Å². The number of aliphatic hydroxyl groups excluding tert-OH is 3. The van der Waals surface area contributed by atoms with Crippen molar-refractivity contribution in [3.63, 3.8) is 0 Å². The lowest BCUT2D eigenvalue weighted by Gasteiger charge is -2.40. The average Bonchev–Trinajstić information content (AvgIpc) is 2.65. The largest absolute Gasteiger partial charge is 0.505 e. The molecule has 0 aliphatic carbocycles. The third kappa shape index (κ3) is 4.23. The van der Waals surface area contributed by atoms with Gasteiger partial charge in [0.25, 0.3) is 0 Å². The van der Waals surface area contributed by atoms with Crippen LogP contribution in [0, 0.1) is 5.82 Å². The maximum Gasteiger partial charge on any atom is 0.165 e. The van der Waals surface area contributed by atoms with Crippen molar-refractivity contribution < 1.29 is 29.6 Å². The highest BCUT2D eigenvalue weighted by molar-refractivity contribution is 7.99. The van der Waals surface area contributed by atoms with Crippen LogP contribution in [-0.2, 0) is 11.2 Å². The number of hydrogen-bond acceptors (Lipinski definition) is 6. The molecule has 0 saturated carbocycles. The van der Waals surface area contributed by atoms with E-state index in [1.807, 2.05) is 0 Å². The third-order valence-corrected chi connectivity index (χ3v) is 5.83. The Labute approximate surface area is 165 Å². The number of ether oxygens (including phenoxy) is 1. The molecule has 1 aliphatic rings. The molecule has 4 N–H and O–H groups in total. The molecule has 1 fully saturated rings. The summed E-state index contributed by atoms with van der Waals surface area (Å²) in [6.45, 7) is 0. The predicted octanol–water partition coefficient (Wildman–Crippen LogP) is 2.62. The van der Waals surface area contributed by atoms with Gasteiger partial charge in [-0.3, -0.25) is 0 Å². The van der Waals surface area contributed by atoms with E-state index in [9.17, 15) is 24.8 Å². The lowest BCUT2D eigenvalue weighted by atomic mass is 9.92. The van der Waals surface area contributed by atoms with E-state index in [1.165, 1.54) is 23.9 Å². The zero-order valence-electron chi connectivity index (χ0n) is 14.4. The second-order valence-electron chi connectivity index (χ2n) is 6.45. The highest BCUT2D eigenvalue weighted by Gasteiger charge is 2.44. The van der Waals surface area contributed by atoms with Gasteiger partial charge in [0.1, 0.15) is 29.9 Å². The minimum Gasteiger partial charge on any atom is -0.505 e. The van der Waals surface area contributed by atoms with Crippen molar-refractivity contribution in [2.75, 3.05) is 6.26 Å². The fourth-order valence-corrected chi connectivity index (χ4v) is 3.96. The van der Waals surface area contributed by atoms with Crippen molar-refractivity contribution in [3.8, 4) is 5.75 Å². The number of benzene rings is 2. The SMILES string of the molecule is CS[C@H]1O[C@@H](c2ccc(Cl)c(Cc3ccc(O)c(F)c3)c2)[C@H](O)[C@@H](O)[C@@H]1O. The van der Waals surface area contributed by atoms with Crippen molar-refractivity contribution in [1.29, 1.82) is 0 Å². The van der Waals surface area contributed by atoms with Crippen LogP contribution in [0.5, 0.6) is 5.75 Å². The number of phenols is 1. The number of aliphatic hydroxyl groups is 3. The molecular formula is C19H20ClFO5S. The lowest BCUT2D eigenvalue weighted by molar-refractivity contribution is -0.200. The van der Waals surface area contributed by atoms with E-state index >= 15 is 0 Å². The Balaban J connectivity index is 1.89. The predicted molar refractivity (Wildman–Crippen MR) is 101 cm³/mol. The van der Waals surface area contributed by atoms with Crippen LogP contribution in [-0.4, -0.2) is 50.4 Å². The van der Waals surface area contributed by atoms with Crippen LogP contribution in [0.2, 0.25) is 5.02 Å². The van der Waals surface area contributed by atoms with Gasteiger partial charge < -0.3 is 25.2 Å². The molecule has 2 aromatic carbocycles. The summed E-state index contributed by atoms with van der Waals surface area (Å²) in [5, 5.41) is 40.2.